The lowest BCUT2D eigenvalue weighted by atomic mass is 10.2. The average Bonchev–Trinajstić information content (AvgIpc) is 2.62. The normalized spacial score (nSPS) is 11.8. The van der Waals surface area contributed by atoms with Crippen LogP contribution in [0.2, 0.25) is 0 Å². The van der Waals surface area contributed by atoms with Gasteiger partial charge in [0.15, 0.2) is 6.10 Å². The Morgan fingerprint density at radius 3 is 2.33 bits per heavy atom. The van der Waals surface area contributed by atoms with Crippen LogP contribution in [0.3, 0.4) is 0 Å². The van der Waals surface area contributed by atoms with E-state index in [0.717, 1.165) is 6.07 Å². The van der Waals surface area contributed by atoms with Crippen molar-refractivity contribution in [2.24, 2.45) is 0 Å². The molecule has 0 bridgehead atoms. The summed E-state index contributed by atoms with van der Waals surface area (Å²) in [6.45, 7) is 1.33. The maximum absolute atomic E-state index is 13.9. The fourth-order valence-corrected chi connectivity index (χ4v) is 2.53. The lowest BCUT2D eigenvalue weighted by Crippen LogP contribution is -2.30. The quantitative estimate of drug-likeness (QED) is 0.555. The van der Waals surface area contributed by atoms with Gasteiger partial charge in [-0.2, -0.15) is 8.78 Å². The molecule has 2 rings (SSSR count). The third-order valence-electron chi connectivity index (χ3n) is 3.40. The topological polar surface area (TPSA) is 64.6 Å². The number of thioether (sulfide) groups is 1. The van der Waals surface area contributed by atoms with Crippen LogP contribution < -0.4 is 10.1 Å². The molecule has 27 heavy (non-hydrogen) atoms. The number of hydrogen-bond acceptors (Lipinski definition) is 5. The molecule has 0 unspecified atom stereocenters. The molecule has 0 radical (unpaired) electrons. The van der Waals surface area contributed by atoms with Crippen molar-refractivity contribution in [2.75, 3.05) is 12.4 Å². The second-order valence-corrected chi connectivity index (χ2v) is 6.35. The fourth-order valence-electron chi connectivity index (χ4n) is 2.03. The van der Waals surface area contributed by atoms with E-state index in [1.165, 1.54) is 50.4 Å². The van der Waals surface area contributed by atoms with Gasteiger partial charge in [0, 0.05) is 16.6 Å². The largest absolute Gasteiger partial charge is 0.497 e. The van der Waals surface area contributed by atoms with Gasteiger partial charge in [-0.3, -0.25) is 4.79 Å². The zero-order chi connectivity index (χ0) is 20.0. The number of alkyl halides is 2. The number of anilines is 1. The molecule has 0 saturated heterocycles. The molecule has 1 atom stereocenters. The van der Waals surface area contributed by atoms with Crippen molar-refractivity contribution in [3.63, 3.8) is 0 Å². The number of nitrogens with one attached hydrogen (secondary N) is 1. The van der Waals surface area contributed by atoms with Crippen molar-refractivity contribution in [3.05, 3.63) is 53.8 Å². The number of benzene rings is 2. The standard InChI is InChI=1S/C18H16F3NO4S/c1-10(26-17(24)14-8-5-12(25-2)9-15(14)19)16(23)22-11-3-6-13(7-4-11)27-18(20)21/h3-10,18H,1-2H3,(H,22,23)/t10-/m0/s1. The van der Waals surface area contributed by atoms with Crippen LogP contribution in [0.25, 0.3) is 0 Å². The van der Waals surface area contributed by atoms with E-state index in [1.807, 2.05) is 0 Å². The Bertz CT molecular complexity index is 815. The van der Waals surface area contributed by atoms with Gasteiger partial charge in [-0.25, -0.2) is 9.18 Å². The molecule has 2 aromatic rings. The Kier molecular flexibility index (Phi) is 7.12. The number of ether oxygens (including phenoxy) is 2. The van der Waals surface area contributed by atoms with Gasteiger partial charge in [-0.05, 0) is 43.3 Å². The van der Waals surface area contributed by atoms with Gasteiger partial charge in [0.1, 0.15) is 11.6 Å². The van der Waals surface area contributed by atoms with Crippen molar-refractivity contribution in [1.82, 2.24) is 0 Å². The number of carbonyl (C=O) groups is 2. The summed E-state index contributed by atoms with van der Waals surface area (Å²) in [5.74, 6) is -4.78. The minimum Gasteiger partial charge on any atom is -0.497 e. The minimum absolute atomic E-state index is 0.239. The molecule has 1 N–H and O–H groups in total. The molecule has 0 aliphatic carbocycles. The molecule has 0 spiro atoms. The van der Waals surface area contributed by atoms with Crippen molar-refractivity contribution in [3.8, 4) is 5.75 Å². The van der Waals surface area contributed by atoms with Crippen LogP contribution in [0.15, 0.2) is 47.4 Å². The van der Waals surface area contributed by atoms with Crippen LogP contribution in [-0.2, 0) is 9.53 Å². The van der Waals surface area contributed by atoms with Crippen LogP contribution >= 0.6 is 11.8 Å². The molecule has 5 nitrogen and oxygen atoms in total. The minimum atomic E-state index is -2.54. The maximum Gasteiger partial charge on any atom is 0.341 e. The fraction of sp³-hybridized carbons (Fsp3) is 0.222. The number of carbonyl (C=O) groups excluding carboxylic acids is 2. The molecule has 0 aliphatic heterocycles. The highest BCUT2D eigenvalue weighted by molar-refractivity contribution is 7.99. The van der Waals surface area contributed by atoms with Crippen molar-refractivity contribution >= 4 is 29.3 Å². The Morgan fingerprint density at radius 2 is 1.78 bits per heavy atom. The Labute approximate surface area is 157 Å². The summed E-state index contributed by atoms with van der Waals surface area (Å²) in [7, 11) is 1.36. The summed E-state index contributed by atoms with van der Waals surface area (Å²) in [6, 6.07) is 9.36. The number of amides is 1. The molecule has 2 aromatic carbocycles. The van der Waals surface area contributed by atoms with E-state index < -0.39 is 29.6 Å². The second kappa shape index (κ2) is 9.31. The zero-order valence-corrected chi connectivity index (χ0v) is 15.2. The number of methoxy groups -OCH3 is 1. The number of esters is 1. The van der Waals surface area contributed by atoms with Gasteiger partial charge in [0.05, 0.1) is 12.7 Å². The molecule has 0 heterocycles. The van der Waals surface area contributed by atoms with E-state index in [1.54, 1.807) is 0 Å². The maximum atomic E-state index is 13.9. The molecule has 0 aromatic heterocycles. The number of halogens is 3. The van der Waals surface area contributed by atoms with Crippen molar-refractivity contribution in [2.45, 2.75) is 23.7 Å². The first kappa shape index (κ1) is 20.6. The van der Waals surface area contributed by atoms with E-state index in [4.69, 9.17) is 9.47 Å². The van der Waals surface area contributed by atoms with Gasteiger partial charge in [-0.15, -0.1) is 0 Å². The lowest BCUT2D eigenvalue weighted by molar-refractivity contribution is -0.123. The molecule has 9 heteroatoms. The highest BCUT2D eigenvalue weighted by Gasteiger charge is 2.21. The van der Waals surface area contributed by atoms with Gasteiger partial charge >= 0.3 is 5.97 Å². The van der Waals surface area contributed by atoms with E-state index in [0.29, 0.717) is 22.3 Å². The smallest absolute Gasteiger partial charge is 0.341 e. The summed E-state index contributed by atoms with van der Waals surface area (Å²) in [5, 5.41) is 2.49. The third kappa shape index (κ3) is 5.92. The van der Waals surface area contributed by atoms with Crippen LogP contribution in [-0.4, -0.2) is 30.8 Å². The highest BCUT2D eigenvalue weighted by atomic mass is 32.2. The summed E-state index contributed by atoms with van der Waals surface area (Å²) in [5.41, 5.74) is 0.0148. The van der Waals surface area contributed by atoms with Crippen LogP contribution in [0.1, 0.15) is 17.3 Å². The van der Waals surface area contributed by atoms with Gasteiger partial charge in [0.2, 0.25) is 0 Å². The molecule has 0 fully saturated rings. The predicted molar refractivity (Wildman–Crippen MR) is 94.8 cm³/mol. The first-order chi connectivity index (χ1) is 12.8. The van der Waals surface area contributed by atoms with E-state index in [-0.39, 0.29) is 11.3 Å². The first-order valence-electron chi connectivity index (χ1n) is 7.70. The molecule has 144 valence electrons. The van der Waals surface area contributed by atoms with E-state index in [2.05, 4.69) is 5.32 Å². The number of rotatable bonds is 7. The SMILES string of the molecule is COc1ccc(C(=O)O[C@@H](C)C(=O)Nc2ccc(SC(F)F)cc2)c(F)c1. The van der Waals surface area contributed by atoms with Crippen LogP contribution in [0.5, 0.6) is 5.75 Å². The van der Waals surface area contributed by atoms with Crippen molar-refractivity contribution < 1.29 is 32.2 Å². The average molecular weight is 399 g/mol. The van der Waals surface area contributed by atoms with Crippen LogP contribution in [0.4, 0.5) is 18.9 Å². The third-order valence-corrected chi connectivity index (χ3v) is 4.12. The molecule has 0 aliphatic rings. The highest BCUT2D eigenvalue weighted by Crippen LogP contribution is 2.26. The number of hydrogen-bond donors (Lipinski definition) is 1. The summed E-state index contributed by atoms with van der Waals surface area (Å²) < 4.78 is 48.2. The molecule has 1 amide bonds. The van der Waals surface area contributed by atoms with Crippen LogP contribution in [0, 0.1) is 5.82 Å². The molecular weight excluding hydrogens is 383 g/mol. The van der Waals surface area contributed by atoms with E-state index >= 15 is 0 Å². The lowest BCUT2D eigenvalue weighted by Gasteiger charge is -2.14. The zero-order valence-electron chi connectivity index (χ0n) is 14.4. The Hall–Kier alpha value is -2.68. The summed E-state index contributed by atoms with van der Waals surface area (Å²) in [6.07, 6.45) is -1.20. The summed E-state index contributed by atoms with van der Waals surface area (Å²) in [4.78, 5) is 24.5. The van der Waals surface area contributed by atoms with Gasteiger partial charge in [-0.1, -0.05) is 11.8 Å². The Balaban J connectivity index is 1.96. The predicted octanol–water partition coefficient (Wildman–Crippen LogP) is 4.33. The molecule has 0 saturated carbocycles. The Morgan fingerprint density at radius 1 is 1.11 bits per heavy atom. The molecular formula is C18H16F3NO4S. The first-order valence-corrected chi connectivity index (χ1v) is 8.58. The second-order valence-electron chi connectivity index (χ2n) is 5.29. The van der Waals surface area contributed by atoms with Crippen molar-refractivity contribution in [1.29, 1.82) is 0 Å². The van der Waals surface area contributed by atoms with E-state index in [9.17, 15) is 22.8 Å². The summed E-state index contributed by atoms with van der Waals surface area (Å²) >= 11 is 0.382. The van der Waals surface area contributed by atoms with Gasteiger partial charge in [0.25, 0.3) is 11.7 Å². The monoisotopic (exact) mass is 399 g/mol. The van der Waals surface area contributed by atoms with Gasteiger partial charge < -0.3 is 14.8 Å².